The van der Waals surface area contributed by atoms with Crippen LogP contribution < -0.4 is 15.4 Å². The van der Waals surface area contributed by atoms with Gasteiger partial charge >= 0.3 is 0 Å². The summed E-state index contributed by atoms with van der Waals surface area (Å²) in [4.78, 5) is 12.2. The lowest BCUT2D eigenvalue weighted by molar-refractivity contribution is 0.241. The quantitative estimate of drug-likeness (QED) is 0.884. The van der Waals surface area contributed by atoms with Gasteiger partial charge in [-0.2, -0.15) is 10.2 Å². The van der Waals surface area contributed by atoms with Crippen LogP contribution in [0.2, 0.25) is 0 Å². The van der Waals surface area contributed by atoms with Crippen molar-refractivity contribution in [1.29, 1.82) is 5.26 Å². The number of hydrogen-bond acceptors (Lipinski definition) is 7. The van der Waals surface area contributed by atoms with Gasteiger partial charge in [0.05, 0.1) is 13.3 Å². The molecule has 2 aromatic rings. The lowest BCUT2D eigenvalue weighted by Gasteiger charge is -2.34. The highest BCUT2D eigenvalue weighted by Gasteiger charge is 2.22. The maximum atomic E-state index is 14.1. The van der Waals surface area contributed by atoms with Gasteiger partial charge in [-0.05, 0) is 0 Å². The molecular formula is C17H18F2N6O. The highest BCUT2D eigenvalue weighted by atomic mass is 19.1. The first kappa shape index (κ1) is 17.8. The van der Waals surface area contributed by atoms with Gasteiger partial charge in [0.25, 0.3) is 0 Å². The second-order valence-electron chi connectivity index (χ2n) is 5.91. The largest absolute Gasteiger partial charge is 0.497 e. The topological polar surface area (TPSA) is 91.3 Å². The van der Waals surface area contributed by atoms with E-state index >= 15 is 0 Å². The average molecular weight is 360 g/mol. The van der Waals surface area contributed by atoms with E-state index in [4.69, 9.17) is 15.7 Å². The maximum absolute atomic E-state index is 14.1. The number of hydrogen-bond donors (Lipinski definition) is 1. The second kappa shape index (κ2) is 7.49. The molecule has 0 aliphatic carbocycles. The molecule has 0 spiro atoms. The Bertz CT molecular complexity index is 823. The molecule has 1 aromatic carbocycles. The number of benzene rings is 1. The van der Waals surface area contributed by atoms with Gasteiger partial charge in [0.1, 0.15) is 34.8 Å². The number of nitrogen functional groups attached to an aromatic ring is 1. The summed E-state index contributed by atoms with van der Waals surface area (Å²) >= 11 is 0. The minimum Gasteiger partial charge on any atom is -0.497 e. The number of anilines is 2. The number of halogens is 2. The average Bonchev–Trinajstić information content (AvgIpc) is 2.65. The number of methoxy groups -OCH3 is 1. The SMILES string of the molecule is COc1cc(F)c(CN2CCN(c3ncc(C#N)c(N)n3)CC2)c(F)c1. The Labute approximate surface area is 149 Å². The van der Waals surface area contributed by atoms with Gasteiger partial charge in [0.2, 0.25) is 5.95 Å². The summed E-state index contributed by atoms with van der Waals surface area (Å²) in [5.74, 6) is -0.491. The van der Waals surface area contributed by atoms with Crippen molar-refractivity contribution in [2.75, 3.05) is 43.9 Å². The van der Waals surface area contributed by atoms with Crippen molar-refractivity contribution in [3.63, 3.8) is 0 Å². The number of nitrogens with zero attached hydrogens (tertiary/aromatic N) is 5. The van der Waals surface area contributed by atoms with Crippen LogP contribution in [0, 0.1) is 23.0 Å². The van der Waals surface area contributed by atoms with Crippen molar-refractivity contribution in [2.24, 2.45) is 0 Å². The summed E-state index contributed by atoms with van der Waals surface area (Å²) in [6.45, 7) is 2.53. The molecule has 0 radical (unpaired) electrons. The number of rotatable bonds is 4. The first-order valence-electron chi connectivity index (χ1n) is 8.03. The van der Waals surface area contributed by atoms with Crippen LogP contribution in [0.15, 0.2) is 18.3 Å². The van der Waals surface area contributed by atoms with Crippen molar-refractivity contribution in [3.05, 3.63) is 41.1 Å². The van der Waals surface area contributed by atoms with E-state index in [-0.39, 0.29) is 29.2 Å². The molecule has 0 amide bonds. The molecule has 1 fully saturated rings. The molecule has 0 bridgehead atoms. The van der Waals surface area contributed by atoms with E-state index in [2.05, 4.69) is 9.97 Å². The molecule has 1 aromatic heterocycles. The van der Waals surface area contributed by atoms with E-state index in [9.17, 15) is 8.78 Å². The molecule has 0 unspecified atom stereocenters. The summed E-state index contributed by atoms with van der Waals surface area (Å²) < 4.78 is 33.1. The molecule has 1 aliphatic rings. The first-order chi connectivity index (χ1) is 12.5. The molecule has 1 saturated heterocycles. The number of ether oxygens (including phenoxy) is 1. The zero-order chi connectivity index (χ0) is 18.7. The van der Waals surface area contributed by atoms with Gasteiger partial charge in [-0.25, -0.2) is 13.8 Å². The Balaban J connectivity index is 1.64. The van der Waals surface area contributed by atoms with Crippen LogP contribution in [-0.4, -0.2) is 48.2 Å². The van der Waals surface area contributed by atoms with Crippen molar-refractivity contribution >= 4 is 11.8 Å². The molecule has 2 heterocycles. The van der Waals surface area contributed by atoms with Crippen LogP contribution in [0.25, 0.3) is 0 Å². The summed E-state index contributed by atoms with van der Waals surface area (Å²) in [7, 11) is 1.37. The molecule has 1 aliphatic heterocycles. The summed E-state index contributed by atoms with van der Waals surface area (Å²) in [5, 5.41) is 8.87. The molecule has 26 heavy (non-hydrogen) atoms. The molecule has 7 nitrogen and oxygen atoms in total. The van der Waals surface area contributed by atoms with Crippen molar-refractivity contribution in [1.82, 2.24) is 14.9 Å². The van der Waals surface area contributed by atoms with Crippen molar-refractivity contribution in [2.45, 2.75) is 6.54 Å². The molecular weight excluding hydrogens is 342 g/mol. The van der Waals surface area contributed by atoms with E-state index in [1.165, 1.54) is 25.4 Å². The fraction of sp³-hybridized carbons (Fsp3) is 0.353. The highest BCUT2D eigenvalue weighted by molar-refractivity contribution is 5.50. The smallest absolute Gasteiger partial charge is 0.227 e. The number of piperazine rings is 1. The monoisotopic (exact) mass is 360 g/mol. The Kier molecular flexibility index (Phi) is 5.14. The van der Waals surface area contributed by atoms with Crippen LogP contribution >= 0.6 is 0 Å². The number of nitriles is 1. The normalized spacial score (nSPS) is 14.9. The summed E-state index contributed by atoms with van der Waals surface area (Å²) in [6.07, 6.45) is 1.39. The van der Waals surface area contributed by atoms with Gasteiger partial charge < -0.3 is 15.4 Å². The lowest BCUT2D eigenvalue weighted by atomic mass is 10.1. The summed E-state index contributed by atoms with van der Waals surface area (Å²) in [6, 6.07) is 4.29. The zero-order valence-corrected chi connectivity index (χ0v) is 14.2. The molecule has 3 rings (SSSR count). The lowest BCUT2D eigenvalue weighted by Crippen LogP contribution is -2.46. The van der Waals surface area contributed by atoms with E-state index < -0.39 is 11.6 Å². The Hall–Kier alpha value is -2.99. The standard InChI is InChI=1S/C17H18F2N6O/c1-26-12-6-14(18)13(15(19)7-12)10-24-2-4-25(5-3-24)17-22-9-11(8-20)16(21)23-17/h6-7,9H,2-5,10H2,1H3,(H2,21,22,23). The molecule has 9 heteroatoms. The third kappa shape index (κ3) is 3.65. The molecule has 136 valence electrons. The second-order valence-corrected chi connectivity index (χ2v) is 5.91. The van der Waals surface area contributed by atoms with Crippen LogP contribution in [0.4, 0.5) is 20.5 Å². The van der Waals surface area contributed by atoms with E-state index in [0.29, 0.717) is 32.1 Å². The fourth-order valence-electron chi connectivity index (χ4n) is 2.80. The first-order valence-corrected chi connectivity index (χ1v) is 8.03. The van der Waals surface area contributed by atoms with E-state index in [1.54, 1.807) is 0 Å². The predicted molar refractivity (Wildman–Crippen MR) is 91.6 cm³/mol. The van der Waals surface area contributed by atoms with Crippen molar-refractivity contribution in [3.8, 4) is 11.8 Å². The fourth-order valence-corrected chi connectivity index (χ4v) is 2.80. The van der Waals surface area contributed by atoms with Gasteiger partial charge in [0.15, 0.2) is 0 Å². The van der Waals surface area contributed by atoms with Gasteiger partial charge in [-0.3, -0.25) is 4.90 Å². The predicted octanol–water partition coefficient (Wildman–Crippen LogP) is 1.54. The van der Waals surface area contributed by atoms with Crippen LogP contribution in [-0.2, 0) is 6.54 Å². The Morgan fingerprint density at radius 2 is 1.88 bits per heavy atom. The number of nitrogens with two attached hydrogens (primary N) is 1. The molecule has 2 N–H and O–H groups in total. The summed E-state index contributed by atoms with van der Waals surface area (Å²) in [5.41, 5.74) is 5.98. The zero-order valence-electron chi connectivity index (χ0n) is 14.2. The third-order valence-electron chi connectivity index (χ3n) is 4.31. The van der Waals surface area contributed by atoms with Gasteiger partial charge in [-0.15, -0.1) is 0 Å². The van der Waals surface area contributed by atoms with Gasteiger partial charge in [0, 0.05) is 50.4 Å². The van der Waals surface area contributed by atoms with Crippen LogP contribution in [0.3, 0.4) is 0 Å². The van der Waals surface area contributed by atoms with E-state index in [0.717, 1.165) is 0 Å². The van der Waals surface area contributed by atoms with E-state index in [1.807, 2.05) is 15.9 Å². The Morgan fingerprint density at radius 1 is 1.23 bits per heavy atom. The molecule has 0 atom stereocenters. The van der Waals surface area contributed by atoms with Crippen LogP contribution in [0.5, 0.6) is 5.75 Å². The Morgan fingerprint density at radius 3 is 2.42 bits per heavy atom. The number of aromatic nitrogens is 2. The third-order valence-corrected chi connectivity index (χ3v) is 4.31. The van der Waals surface area contributed by atoms with Crippen LogP contribution in [0.1, 0.15) is 11.1 Å². The molecule has 0 saturated carbocycles. The minimum atomic E-state index is -0.618. The van der Waals surface area contributed by atoms with Gasteiger partial charge in [-0.1, -0.05) is 0 Å². The van der Waals surface area contributed by atoms with Crippen molar-refractivity contribution < 1.29 is 13.5 Å². The maximum Gasteiger partial charge on any atom is 0.227 e. The minimum absolute atomic E-state index is 0.0260. The highest BCUT2D eigenvalue weighted by Crippen LogP contribution is 2.23.